The summed E-state index contributed by atoms with van der Waals surface area (Å²) < 4.78 is 0. The zero-order valence-corrected chi connectivity index (χ0v) is 11.8. The van der Waals surface area contributed by atoms with Crippen molar-refractivity contribution >= 4 is 0 Å². The van der Waals surface area contributed by atoms with Crippen LogP contribution in [0.1, 0.15) is 53.4 Å². The average molecular weight is 230 g/mol. The van der Waals surface area contributed by atoms with E-state index in [1.54, 1.807) is 5.57 Å². The van der Waals surface area contributed by atoms with Gasteiger partial charge in [-0.3, -0.25) is 0 Å². The highest BCUT2D eigenvalue weighted by Crippen LogP contribution is 2.28. The molecule has 94 valence electrons. The van der Waals surface area contributed by atoms with E-state index in [1.807, 2.05) is 0 Å². The summed E-state index contributed by atoms with van der Waals surface area (Å²) in [6.45, 7) is 12.7. The Labute approximate surface area is 107 Å². The molecule has 0 heteroatoms. The smallest absolute Gasteiger partial charge is 0.0197 e. The highest BCUT2D eigenvalue weighted by atomic mass is 14.2. The molecule has 0 heterocycles. The van der Waals surface area contributed by atoms with Gasteiger partial charge < -0.3 is 0 Å². The lowest BCUT2D eigenvalue weighted by molar-refractivity contribution is 0.536. The number of rotatable bonds is 3. The molecule has 17 heavy (non-hydrogen) atoms. The van der Waals surface area contributed by atoms with E-state index in [0.29, 0.717) is 0 Å². The molecule has 0 spiro atoms. The van der Waals surface area contributed by atoms with E-state index in [9.17, 15) is 0 Å². The summed E-state index contributed by atoms with van der Waals surface area (Å²) in [5.41, 5.74) is 5.53. The molecule has 0 saturated heterocycles. The van der Waals surface area contributed by atoms with E-state index in [-0.39, 0.29) is 0 Å². The van der Waals surface area contributed by atoms with Crippen LogP contribution in [0.3, 0.4) is 0 Å². The summed E-state index contributed by atoms with van der Waals surface area (Å²) in [5, 5.41) is 0. The summed E-state index contributed by atoms with van der Waals surface area (Å²) in [6, 6.07) is 0. The predicted molar refractivity (Wildman–Crippen MR) is 78.0 cm³/mol. The molecule has 1 unspecified atom stereocenters. The topological polar surface area (TPSA) is 0 Å². The number of hydrogen-bond donors (Lipinski definition) is 0. The SMILES string of the molecule is C=C(C)C(C)=CC=C(C)C1CCC=C(C)CC1. The third kappa shape index (κ3) is 4.77. The summed E-state index contributed by atoms with van der Waals surface area (Å²) in [7, 11) is 0. The molecule has 0 amide bonds. The van der Waals surface area contributed by atoms with E-state index >= 15 is 0 Å². The maximum absolute atomic E-state index is 3.96. The first-order chi connectivity index (χ1) is 8.00. The second kappa shape index (κ2) is 6.64. The summed E-state index contributed by atoms with van der Waals surface area (Å²) in [4.78, 5) is 0. The first-order valence-electron chi connectivity index (χ1n) is 6.67. The minimum atomic E-state index is 0.762. The van der Waals surface area contributed by atoms with Crippen molar-refractivity contribution in [3.63, 3.8) is 0 Å². The van der Waals surface area contributed by atoms with Gasteiger partial charge in [0.2, 0.25) is 0 Å². The highest BCUT2D eigenvalue weighted by molar-refractivity contribution is 5.29. The van der Waals surface area contributed by atoms with Crippen LogP contribution in [0.25, 0.3) is 0 Å². The molecule has 0 aromatic carbocycles. The zero-order chi connectivity index (χ0) is 12.8. The molecule has 0 aromatic rings. The second-order valence-electron chi connectivity index (χ2n) is 5.40. The van der Waals surface area contributed by atoms with Gasteiger partial charge in [0, 0.05) is 0 Å². The van der Waals surface area contributed by atoms with Crippen molar-refractivity contribution in [3.8, 4) is 0 Å². The van der Waals surface area contributed by atoms with Crippen molar-refractivity contribution in [1.82, 2.24) is 0 Å². The quantitative estimate of drug-likeness (QED) is 0.438. The Hall–Kier alpha value is -1.04. The van der Waals surface area contributed by atoms with Crippen LogP contribution in [0.5, 0.6) is 0 Å². The molecule has 0 aliphatic heterocycles. The Morgan fingerprint density at radius 1 is 1.24 bits per heavy atom. The van der Waals surface area contributed by atoms with E-state index in [2.05, 4.69) is 52.5 Å². The molecule has 0 nitrogen and oxygen atoms in total. The monoisotopic (exact) mass is 230 g/mol. The molecule has 0 saturated carbocycles. The number of hydrogen-bond acceptors (Lipinski definition) is 0. The van der Waals surface area contributed by atoms with E-state index in [1.165, 1.54) is 36.8 Å². The molecule has 0 radical (unpaired) electrons. The maximum atomic E-state index is 3.96. The van der Waals surface area contributed by atoms with Gasteiger partial charge in [-0.2, -0.15) is 0 Å². The van der Waals surface area contributed by atoms with Crippen molar-refractivity contribution in [3.05, 3.63) is 47.1 Å². The molecular formula is C17H26. The van der Waals surface area contributed by atoms with Gasteiger partial charge in [-0.15, -0.1) is 0 Å². The van der Waals surface area contributed by atoms with Crippen molar-refractivity contribution in [2.45, 2.75) is 53.4 Å². The van der Waals surface area contributed by atoms with Gasteiger partial charge in [0.25, 0.3) is 0 Å². The van der Waals surface area contributed by atoms with Crippen LogP contribution in [-0.4, -0.2) is 0 Å². The summed E-state index contributed by atoms with van der Waals surface area (Å²) in [5.74, 6) is 0.762. The maximum Gasteiger partial charge on any atom is -0.0197 e. The second-order valence-corrected chi connectivity index (χ2v) is 5.40. The lowest BCUT2D eigenvalue weighted by Crippen LogP contribution is -2.00. The van der Waals surface area contributed by atoms with Crippen LogP contribution in [0.15, 0.2) is 47.1 Å². The van der Waals surface area contributed by atoms with Gasteiger partial charge in [0.15, 0.2) is 0 Å². The van der Waals surface area contributed by atoms with Crippen LogP contribution in [0.4, 0.5) is 0 Å². The normalized spacial score (nSPS) is 23.1. The number of allylic oxidation sites excluding steroid dienone is 7. The lowest BCUT2D eigenvalue weighted by Gasteiger charge is -2.14. The van der Waals surface area contributed by atoms with Crippen molar-refractivity contribution < 1.29 is 0 Å². The fourth-order valence-corrected chi connectivity index (χ4v) is 2.17. The Balaban J connectivity index is 2.64. The fourth-order valence-electron chi connectivity index (χ4n) is 2.17. The minimum Gasteiger partial charge on any atom is -0.0958 e. The van der Waals surface area contributed by atoms with E-state index in [4.69, 9.17) is 0 Å². The molecule has 1 aliphatic carbocycles. The summed E-state index contributed by atoms with van der Waals surface area (Å²) >= 11 is 0. The van der Waals surface area contributed by atoms with Crippen molar-refractivity contribution in [2.24, 2.45) is 5.92 Å². The zero-order valence-electron chi connectivity index (χ0n) is 11.8. The van der Waals surface area contributed by atoms with Crippen LogP contribution in [0.2, 0.25) is 0 Å². The fraction of sp³-hybridized carbons (Fsp3) is 0.529. The standard InChI is InChI=1S/C17H26/c1-13(2)15(4)10-11-16(5)17-8-6-7-14(3)9-12-17/h7,10-11,17H,1,6,8-9,12H2,2-5H3. The van der Waals surface area contributed by atoms with Gasteiger partial charge in [-0.1, -0.05) is 41.5 Å². The van der Waals surface area contributed by atoms with Gasteiger partial charge in [0.05, 0.1) is 0 Å². The molecule has 1 aliphatic rings. The van der Waals surface area contributed by atoms with Gasteiger partial charge in [0.1, 0.15) is 0 Å². The Bertz CT molecular complexity index is 363. The third-order valence-corrected chi connectivity index (χ3v) is 3.81. The van der Waals surface area contributed by atoms with Gasteiger partial charge in [-0.25, -0.2) is 0 Å². The largest absolute Gasteiger partial charge is 0.0958 e. The Kier molecular flexibility index (Phi) is 5.47. The molecule has 1 rings (SSSR count). The van der Waals surface area contributed by atoms with Crippen LogP contribution in [0, 0.1) is 5.92 Å². The van der Waals surface area contributed by atoms with Crippen molar-refractivity contribution in [1.29, 1.82) is 0 Å². The Morgan fingerprint density at radius 2 is 1.94 bits per heavy atom. The Morgan fingerprint density at radius 3 is 2.59 bits per heavy atom. The van der Waals surface area contributed by atoms with E-state index < -0.39 is 0 Å². The minimum absolute atomic E-state index is 0.762. The van der Waals surface area contributed by atoms with Gasteiger partial charge >= 0.3 is 0 Å². The highest BCUT2D eigenvalue weighted by Gasteiger charge is 2.12. The van der Waals surface area contributed by atoms with Crippen LogP contribution in [-0.2, 0) is 0 Å². The molecule has 0 fully saturated rings. The predicted octanol–water partition coefficient (Wildman–Crippen LogP) is 5.59. The molecule has 0 bridgehead atoms. The van der Waals surface area contributed by atoms with Crippen LogP contribution >= 0.6 is 0 Å². The first-order valence-corrected chi connectivity index (χ1v) is 6.67. The lowest BCUT2D eigenvalue weighted by atomic mass is 9.91. The molecule has 1 atom stereocenters. The third-order valence-electron chi connectivity index (χ3n) is 3.81. The average Bonchev–Trinajstić information content (AvgIpc) is 2.50. The first kappa shape index (κ1) is 14.0. The summed E-state index contributed by atoms with van der Waals surface area (Å²) in [6.07, 6.45) is 12.0. The van der Waals surface area contributed by atoms with Gasteiger partial charge in [-0.05, 0) is 64.9 Å². The molecule has 0 aromatic heterocycles. The molecule has 0 N–H and O–H groups in total. The molecular weight excluding hydrogens is 204 g/mol. The van der Waals surface area contributed by atoms with Crippen molar-refractivity contribution in [2.75, 3.05) is 0 Å². The van der Waals surface area contributed by atoms with Crippen LogP contribution < -0.4 is 0 Å². The van der Waals surface area contributed by atoms with E-state index in [0.717, 1.165) is 11.5 Å².